The van der Waals surface area contributed by atoms with Crippen molar-refractivity contribution in [3.8, 4) is 5.75 Å². The molecule has 6 heteroatoms. The highest BCUT2D eigenvalue weighted by Gasteiger charge is 2.38. The van der Waals surface area contributed by atoms with E-state index in [1.807, 2.05) is 6.92 Å². The summed E-state index contributed by atoms with van der Waals surface area (Å²) in [6.45, 7) is 1.10. The molecule has 0 heterocycles. The summed E-state index contributed by atoms with van der Waals surface area (Å²) in [6.07, 6.45) is -3.41. The number of hydrogen-bond acceptors (Lipinski definition) is 2. The quantitative estimate of drug-likeness (QED) is 0.904. The van der Waals surface area contributed by atoms with E-state index in [0.717, 1.165) is 12.0 Å². The van der Waals surface area contributed by atoms with Gasteiger partial charge >= 0.3 is 6.18 Å². The number of halogens is 3. The molecule has 2 atom stereocenters. The lowest BCUT2D eigenvalue weighted by Crippen LogP contribution is -2.24. The third-order valence-electron chi connectivity index (χ3n) is 3.24. The molecular weight excluding hydrogens is 271 g/mol. The van der Waals surface area contributed by atoms with Gasteiger partial charge < -0.3 is 10.1 Å². The second-order valence-corrected chi connectivity index (χ2v) is 5.09. The van der Waals surface area contributed by atoms with Crippen LogP contribution in [-0.2, 0) is 11.3 Å². The normalized spacial score (nSPS) is 21.4. The molecule has 0 radical (unpaired) electrons. The van der Waals surface area contributed by atoms with Gasteiger partial charge in [0.1, 0.15) is 5.75 Å². The number of nitrogens with one attached hydrogen (secondary N) is 1. The number of alkyl halides is 3. The molecule has 1 aromatic carbocycles. The topological polar surface area (TPSA) is 38.3 Å². The van der Waals surface area contributed by atoms with Crippen LogP contribution in [-0.4, -0.2) is 18.7 Å². The van der Waals surface area contributed by atoms with Crippen LogP contribution in [0.2, 0.25) is 0 Å². The van der Waals surface area contributed by atoms with Gasteiger partial charge in [0.05, 0.1) is 0 Å². The summed E-state index contributed by atoms with van der Waals surface area (Å²) in [7, 11) is 0. The molecule has 0 aromatic heterocycles. The van der Waals surface area contributed by atoms with Gasteiger partial charge in [-0.25, -0.2) is 0 Å². The van der Waals surface area contributed by atoms with E-state index in [1.165, 1.54) is 12.1 Å². The smallest absolute Gasteiger partial charge is 0.422 e. The van der Waals surface area contributed by atoms with Crippen LogP contribution in [0.3, 0.4) is 0 Å². The standard InChI is InChI=1S/C14H16F3NO2/c1-9-6-12(9)13(19)18-7-10-2-4-11(5-3-10)20-8-14(15,16)17/h2-5,9,12H,6-8H2,1H3,(H,18,19). The first-order chi connectivity index (χ1) is 9.35. The number of carbonyl (C=O) groups is 1. The van der Waals surface area contributed by atoms with Crippen molar-refractivity contribution < 1.29 is 22.7 Å². The molecule has 1 aliphatic rings. The van der Waals surface area contributed by atoms with Crippen molar-refractivity contribution in [2.75, 3.05) is 6.61 Å². The average molecular weight is 287 g/mol. The number of hydrogen-bond donors (Lipinski definition) is 1. The maximum atomic E-state index is 12.0. The van der Waals surface area contributed by atoms with Gasteiger partial charge in [0, 0.05) is 12.5 Å². The number of ether oxygens (including phenoxy) is 1. The Morgan fingerprint density at radius 3 is 2.45 bits per heavy atom. The Kier molecular flexibility index (Phi) is 4.20. The summed E-state index contributed by atoms with van der Waals surface area (Å²) in [5, 5.41) is 2.81. The monoisotopic (exact) mass is 287 g/mol. The molecule has 1 N–H and O–H groups in total. The van der Waals surface area contributed by atoms with Crippen LogP contribution < -0.4 is 10.1 Å². The Balaban J connectivity index is 1.78. The summed E-state index contributed by atoms with van der Waals surface area (Å²) in [5.74, 6) is 0.764. The lowest BCUT2D eigenvalue weighted by atomic mass is 10.2. The minimum absolute atomic E-state index is 0.0369. The van der Waals surface area contributed by atoms with Crippen LogP contribution in [0.4, 0.5) is 13.2 Å². The van der Waals surface area contributed by atoms with E-state index in [9.17, 15) is 18.0 Å². The van der Waals surface area contributed by atoms with Crippen LogP contribution in [0.1, 0.15) is 18.9 Å². The molecule has 1 aliphatic carbocycles. The summed E-state index contributed by atoms with van der Waals surface area (Å²) >= 11 is 0. The van der Waals surface area contributed by atoms with Crippen molar-refractivity contribution in [3.05, 3.63) is 29.8 Å². The Morgan fingerprint density at radius 2 is 1.95 bits per heavy atom. The third-order valence-corrected chi connectivity index (χ3v) is 3.24. The minimum atomic E-state index is -4.34. The first kappa shape index (κ1) is 14.7. The van der Waals surface area contributed by atoms with Crippen LogP contribution in [0.5, 0.6) is 5.75 Å². The fourth-order valence-electron chi connectivity index (χ4n) is 1.88. The van der Waals surface area contributed by atoms with E-state index in [4.69, 9.17) is 0 Å². The number of rotatable bonds is 5. The molecule has 2 unspecified atom stereocenters. The zero-order chi connectivity index (χ0) is 14.8. The summed E-state index contributed by atoms with van der Waals surface area (Å²) in [6, 6.07) is 6.21. The summed E-state index contributed by atoms with van der Waals surface area (Å²) in [4.78, 5) is 11.6. The average Bonchev–Trinajstić information content (AvgIpc) is 3.11. The van der Waals surface area contributed by atoms with Gasteiger partial charge in [-0.2, -0.15) is 13.2 Å². The van der Waals surface area contributed by atoms with Crippen LogP contribution >= 0.6 is 0 Å². The fourth-order valence-corrected chi connectivity index (χ4v) is 1.88. The Bertz CT molecular complexity index is 470. The molecule has 1 saturated carbocycles. The largest absolute Gasteiger partial charge is 0.484 e. The highest BCUT2D eigenvalue weighted by molar-refractivity contribution is 5.81. The minimum Gasteiger partial charge on any atom is -0.484 e. The van der Waals surface area contributed by atoms with Gasteiger partial charge in [-0.15, -0.1) is 0 Å². The molecule has 1 aromatic rings. The van der Waals surface area contributed by atoms with Gasteiger partial charge in [-0.3, -0.25) is 4.79 Å². The van der Waals surface area contributed by atoms with Crippen LogP contribution in [0, 0.1) is 11.8 Å². The molecule has 110 valence electrons. The maximum absolute atomic E-state index is 12.0. The molecule has 2 rings (SSSR count). The van der Waals surface area contributed by atoms with Gasteiger partial charge in [0.15, 0.2) is 6.61 Å². The Morgan fingerprint density at radius 1 is 1.35 bits per heavy atom. The molecule has 0 bridgehead atoms. The van der Waals surface area contributed by atoms with Gasteiger partial charge in [-0.1, -0.05) is 19.1 Å². The molecule has 0 saturated heterocycles. The maximum Gasteiger partial charge on any atom is 0.422 e. The molecular formula is C14H16F3NO2. The van der Waals surface area contributed by atoms with E-state index in [1.54, 1.807) is 12.1 Å². The first-order valence-corrected chi connectivity index (χ1v) is 6.41. The highest BCUT2D eigenvalue weighted by Crippen LogP contribution is 2.37. The lowest BCUT2D eigenvalue weighted by Gasteiger charge is -2.10. The zero-order valence-electron chi connectivity index (χ0n) is 11.0. The molecule has 3 nitrogen and oxygen atoms in total. The van der Waals surface area contributed by atoms with E-state index < -0.39 is 12.8 Å². The Labute approximate surface area is 115 Å². The molecule has 1 amide bonds. The second-order valence-electron chi connectivity index (χ2n) is 5.09. The van der Waals surface area contributed by atoms with Crippen molar-refractivity contribution in [1.29, 1.82) is 0 Å². The fraction of sp³-hybridized carbons (Fsp3) is 0.500. The van der Waals surface area contributed by atoms with E-state index in [0.29, 0.717) is 12.5 Å². The molecule has 0 spiro atoms. The molecule has 20 heavy (non-hydrogen) atoms. The summed E-state index contributed by atoms with van der Waals surface area (Å²) in [5.41, 5.74) is 0.825. The Hall–Kier alpha value is -1.72. The number of amides is 1. The highest BCUT2D eigenvalue weighted by atomic mass is 19.4. The van der Waals surface area contributed by atoms with Gasteiger partial charge in [0.25, 0.3) is 0 Å². The lowest BCUT2D eigenvalue weighted by molar-refractivity contribution is -0.153. The van der Waals surface area contributed by atoms with Gasteiger partial charge in [0.2, 0.25) is 5.91 Å². The summed E-state index contributed by atoms with van der Waals surface area (Å²) < 4.78 is 40.5. The first-order valence-electron chi connectivity index (χ1n) is 6.41. The van der Waals surface area contributed by atoms with Crippen LogP contribution in [0.15, 0.2) is 24.3 Å². The van der Waals surface area contributed by atoms with Crippen molar-refractivity contribution in [1.82, 2.24) is 5.32 Å². The number of benzene rings is 1. The third kappa shape index (κ3) is 4.43. The predicted molar refractivity (Wildman–Crippen MR) is 67.1 cm³/mol. The SMILES string of the molecule is CC1CC1C(=O)NCc1ccc(OCC(F)(F)F)cc1. The zero-order valence-corrected chi connectivity index (χ0v) is 11.0. The predicted octanol–water partition coefficient (Wildman–Crippen LogP) is 2.90. The van der Waals surface area contributed by atoms with Crippen molar-refractivity contribution in [2.24, 2.45) is 11.8 Å². The van der Waals surface area contributed by atoms with E-state index in [-0.39, 0.29) is 17.6 Å². The van der Waals surface area contributed by atoms with Crippen LogP contribution in [0.25, 0.3) is 0 Å². The second kappa shape index (κ2) is 5.73. The van der Waals surface area contributed by atoms with E-state index in [2.05, 4.69) is 10.1 Å². The van der Waals surface area contributed by atoms with Gasteiger partial charge in [-0.05, 0) is 30.0 Å². The van der Waals surface area contributed by atoms with Crippen molar-refractivity contribution in [2.45, 2.75) is 26.1 Å². The van der Waals surface area contributed by atoms with E-state index >= 15 is 0 Å². The molecule has 0 aliphatic heterocycles. The number of carbonyl (C=O) groups excluding carboxylic acids is 1. The molecule has 1 fully saturated rings. The van der Waals surface area contributed by atoms with Crippen molar-refractivity contribution in [3.63, 3.8) is 0 Å². The van der Waals surface area contributed by atoms with Crippen molar-refractivity contribution >= 4 is 5.91 Å².